The Morgan fingerprint density at radius 2 is 1.93 bits per heavy atom. The summed E-state index contributed by atoms with van der Waals surface area (Å²) in [5.74, 6) is 0. The maximum atomic E-state index is 6.22. The van der Waals surface area contributed by atoms with Crippen molar-refractivity contribution in [1.82, 2.24) is 0 Å². The normalized spacial score (nSPS) is 13.0. The van der Waals surface area contributed by atoms with Crippen LogP contribution in [0.25, 0.3) is 0 Å². The molecule has 0 radical (unpaired) electrons. The number of thiophene rings is 2. The van der Waals surface area contributed by atoms with Crippen molar-refractivity contribution in [3.63, 3.8) is 0 Å². The van der Waals surface area contributed by atoms with Gasteiger partial charge in [0.25, 0.3) is 0 Å². The van der Waals surface area contributed by atoms with E-state index < -0.39 is 0 Å². The zero-order valence-corrected chi connectivity index (χ0v) is 10.8. The van der Waals surface area contributed by atoms with E-state index in [2.05, 4.69) is 18.4 Å². The number of rotatable bonds is 3. The van der Waals surface area contributed by atoms with E-state index in [1.54, 1.807) is 22.7 Å². The summed E-state index contributed by atoms with van der Waals surface area (Å²) in [7, 11) is 0. The molecule has 2 heterocycles. The van der Waals surface area contributed by atoms with E-state index in [-0.39, 0.29) is 6.04 Å². The van der Waals surface area contributed by atoms with E-state index in [0.29, 0.717) is 0 Å². The molecular weight excluding hydrogens is 246 g/mol. The Bertz CT molecular complexity index is 447. The molecular formula is C11H12ClNS2. The van der Waals surface area contributed by atoms with E-state index in [4.69, 9.17) is 17.3 Å². The van der Waals surface area contributed by atoms with E-state index in [9.17, 15) is 0 Å². The molecule has 0 aliphatic rings. The molecule has 2 N–H and O–H groups in total. The maximum Gasteiger partial charge on any atom is 0.0757 e. The molecule has 2 aromatic heterocycles. The molecule has 0 aliphatic carbocycles. The van der Waals surface area contributed by atoms with Gasteiger partial charge in [-0.2, -0.15) is 0 Å². The van der Waals surface area contributed by atoms with Crippen molar-refractivity contribution in [2.24, 2.45) is 5.73 Å². The standard InChI is InChI=1S/C11H12ClNS2/c1-2-7-3-5-14-10(7)9(13)11-8(12)4-6-15-11/h3-6,9H,2,13H2,1H3. The van der Waals surface area contributed by atoms with Crippen LogP contribution < -0.4 is 5.73 Å². The molecule has 0 bridgehead atoms. The molecule has 0 aliphatic heterocycles. The predicted molar refractivity (Wildman–Crippen MR) is 69.1 cm³/mol. The minimum absolute atomic E-state index is 0.0625. The van der Waals surface area contributed by atoms with Crippen LogP contribution in [0.4, 0.5) is 0 Å². The lowest BCUT2D eigenvalue weighted by Crippen LogP contribution is -2.10. The van der Waals surface area contributed by atoms with Gasteiger partial charge < -0.3 is 5.73 Å². The lowest BCUT2D eigenvalue weighted by Gasteiger charge is -2.10. The van der Waals surface area contributed by atoms with Crippen molar-refractivity contribution in [3.8, 4) is 0 Å². The van der Waals surface area contributed by atoms with Gasteiger partial charge in [0.15, 0.2) is 0 Å². The van der Waals surface area contributed by atoms with E-state index >= 15 is 0 Å². The first-order valence-electron chi connectivity index (χ1n) is 4.78. The Kier molecular flexibility index (Phi) is 3.46. The summed E-state index contributed by atoms with van der Waals surface area (Å²) in [4.78, 5) is 2.30. The van der Waals surface area contributed by atoms with E-state index in [1.807, 2.05) is 11.4 Å². The molecule has 4 heteroatoms. The first kappa shape index (κ1) is 11.1. The average Bonchev–Trinajstić information content (AvgIpc) is 2.84. The fourth-order valence-electron chi connectivity index (χ4n) is 1.56. The van der Waals surface area contributed by atoms with Gasteiger partial charge in [0.05, 0.1) is 11.1 Å². The van der Waals surface area contributed by atoms with Gasteiger partial charge in [-0.05, 0) is 34.9 Å². The second-order valence-corrected chi connectivity index (χ2v) is 5.58. The van der Waals surface area contributed by atoms with Crippen molar-refractivity contribution in [2.75, 3.05) is 0 Å². The number of halogens is 1. The second kappa shape index (κ2) is 4.66. The summed E-state index contributed by atoms with van der Waals surface area (Å²) >= 11 is 9.42. The molecule has 1 unspecified atom stereocenters. The third-order valence-electron chi connectivity index (χ3n) is 2.37. The third-order valence-corrected chi connectivity index (χ3v) is 4.86. The molecule has 0 aromatic carbocycles. The zero-order chi connectivity index (χ0) is 10.8. The highest BCUT2D eigenvalue weighted by molar-refractivity contribution is 7.12. The van der Waals surface area contributed by atoms with Gasteiger partial charge in [-0.15, -0.1) is 22.7 Å². The smallest absolute Gasteiger partial charge is 0.0757 e. The van der Waals surface area contributed by atoms with Crippen LogP contribution in [0, 0.1) is 0 Å². The number of aryl methyl sites for hydroxylation is 1. The fraction of sp³-hybridized carbons (Fsp3) is 0.273. The summed E-state index contributed by atoms with van der Waals surface area (Å²) in [5.41, 5.74) is 7.55. The molecule has 2 aromatic rings. The Morgan fingerprint density at radius 1 is 1.27 bits per heavy atom. The molecule has 1 nitrogen and oxygen atoms in total. The van der Waals surface area contributed by atoms with Crippen LogP contribution in [0.15, 0.2) is 22.9 Å². The van der Waals surface area contributed by atoms with Gasteiger partial charge in [0.2, 0.25) is 0 Å². The lowest BCUT2D eigenvalue weighted by molar-refractivity contribution is 0.895. The molecule has 0 saturated carbocycles. The van der Waals surface area contributed by atoms with Crippen LogP contribution in [-0.4, -0.2) is 0 Å². The summed E-state index contributed by atoms with van der Waals surface area (Å²) in [6.07, 6.45) is 1.02. The van der Waals surface area contributed by atoms with Gasteiger partial charge in [-0.3, -0.25) is 0 Å². The van der Waals surface area contributed by atoms with E-state index in [1.165, 1.54) is 10.4 Å². The Morgan fingerprint density at radius 3 is 2.53 bits per heavy atom. The van der Waals surface area contributed by atoms with Gasteiger partial charge >= 0.3 is 0 Å². The van der Waals surface area contributed by atoms with Crippen LogP contribution in [-0.2, 0) is 6.42 Å². The summed E-state index contributed by atoms with van der Waals surface area (Å²) in [6, 6.07) is 3.98. The molecule has 0 fully saturated rings. The highest BCUT2D eigenvalue weighted by Gasteiger charge is 2.17. The molecule has 80 valence electrons. The molecule has 0 saturated heterocycles. The summed E-state index contributed by atoms with van der Waals surface area (Å²) in [5, 5.41) is 4.86. The number of hydrogen-bond donors (Lipinski definition) is 1. The molecule has 2 rings (SSSR count). The fourth-order valence-corrected chi connectivity index (χ4v) is 3.83. The first-order chi connectivity index (χ1) is 7.24. The Balaban J connectivity index is 2.36. The van der Waals surface area contributed by atoms with Crippen molar-refractivity contribution in [3.05, 3.63) is 43.2 Å². The predicted octanol–water partition coefficient (Wildman–Crippen LogP) is 4.07. The van der Waals surface area contributed by atoms with Crippen molar-refractivity contribution in [1.29, 1.82) is 0 Å². The summed E-state index contributed by atoms with van der Waals surface area (Å²) in [6.45, 7) is 2.15. The van der Waals surface area contributed by atoms with Gasteiger partial charge in [0.1, 0.15) is 0 Å². The van der Waals surface area contributed by atoms with Crippen molar-refractivity contribution < 1.29 is 0 Å². The van der Waals surface area contributed by atoms with Crippen LogP contribution >= 0.6 is 34.3 Å². The van der Waals surface area contributed by atoms with Gasteiger partial charge in [0, 0.05) is 9.75 Å². The SMILES string of the molecule is CCc1ccsc1C(N)c1sccc1Cl. The number of nitrogens with two attached hydrogens (primary N) is 1. The Hall–Kier alpha value is -0.350. The van der Waals surface area contributed by atoms with Crippen LogP contribution in [0.3, 0.4) is 0 Å². The van der Waals surface area contributed by atoms with Crippen LogP contribution in [0.1, 0.15) is 28.3 Å². The number of hydrogen-bond acceptors (Lipinski definition) is 3. The topological polar surface area (TPSA) is 26.0 Å². The van der Waals surface area contributed by atoms with Gasteiger partial charge in [-0.1, -0.05) is 18.5 Å². The first-order valence-corrected chi connectivity index (χ1v) is 6.92. The molecule has 15 heavy (non-hydrogen) atoms. The van der Waals surface area contributed by atoms with Gasteiger partial charge in [-0.25, -0.2) is 0 Å². The molecule has 1 atom stereocenters. The molecule has 0 amide bonds. The van der Waals surface area contributed by atoms with Crippen molar-refractivity contribution >= 4 is 34.3 Å². The largest absolute Gasteiger partial charge is 0.319 e. The van der Waals surface area contributed by atoms with Crippen molar-refractivity contribution in [2.45, 2.75) is 19.4 Å². The van der Waals surface area contributed by atoms with E-state index in [0.717, 1.165) is 16.3 Å². The molecule has 0 spiro atoms. The zero-order valence-electron chi connectivity index (χ0n) is 8.37. The quantitative estimate of drug-likeness (QED) is 0.881. The minimum atomic E-state index is -0.0625. The third kappa shape index (κ3) is 2.11. The second-order valence-electron chi connectivity index (χ2n) is 3.27. The maximum absolute atomic E-state index is 6.22. The van der Waals surface area contributed by atoms with Crippen LogP contribution in [0.5, 0.6) is 0 Å². The van der Waals surface area contributed by atoms with Crippen LogP contribution in [0.2, 0.25) is 5.02 Å². The lowest BCUT2D eigenvalue weighted by atomic mass is 10.1. The monoisotopic (exact) mass is 257 g/mol. The summed E-state index contributed by atoms with van der Waals surface area (Å²) < 4.78 is 0. The highest BCUT2D eigenvalue weighted by atomic mass is 35.5. The minimum Gasteiger partial charge on any atom is -0.319 e. The average molecular weight is 258 g/mol. The highest BCUT2D eigenvalue weighted by Crippen LogP contribution is 2.35. The Labute approximate surface area is 103 Å².